The second-order valence-corrected chi connectivity index (χ2v) is 5.15. The lowest BCUT2D eigenvalue weighted by Crippen LogP contribution is -1.85. The van der Waals surface area contributed by atoms with Crippen molar-refractivity contribution in [3.63, 3.8) is 0 Å². The molecule has 0 N–H and O–H groups in total. The Balaban J connectivity index is 1.92. The third-order valence-corrected chi connectivity index (χ3v) is 3.97. The van der Waals surface area contributed by atoms with Gasteiger partial charge in [0.1, 0.15) is 0 Å². The number of rotatable bonds is 2. The van der Waals surface area contributed by atoms with E-state index in [0.29, 0.717) is 0 Å². The van der Waals surface area contributed by atoms with E-state index < -0.39 is 0 Å². The average molecular weight is 238 g/mol. The summed E-state index contributed by atoms with van der Waals surface area (Å²) in [6.45, 7) is 0. The normalized spacial score (nSPS) is 13.4. The van der Waals surface area contributed by atoms with Gasteiger partial charge in [0.15, 0.2) is 0 Å². The maximum atomic E-state index is 2.31. The van der Waals surface area contributed by atoms with Gasteiger partial charge >= 0.3 is 0 Å². The van der Waals surface area contributed by atoms with Gasteiger partial charge in [0, 0.05) is 4.90 Å². The SMILES string of the molecule is CSc1ccc(C2=Cc3ccccc3C2)cc1. The van der Waals surface area contributed by atoms with Crippen LogP contribution in [0.4, 0.5) is 0 Å². The van der Waals surface area contributed by atoms with Crippen LogP contribution >= 0.6 is 11.8 Å². The maximum absolute atomic E-state index is 2.31. The van der Waals surface area contributed by atoms with E-state index in [4.69, 9.17) is 0 Å². The number of thioether (sulfide) groups is 1. The first-order valence-corrected chi connectivity index (χ1v) is 7.02. The molecule has 0 spiro atoms. The molecule has 1 heteroatoms. The minimum Gasteiger partial charge on any atom is -0.130 e. The van der Waals surface area contributed by atoms with Crippen molar-refractivity contribution in [2.24, 2.45) is 0 Å². The first-order valence-electron chi connectivity index (χ1n) is 5.80. The number of hydrogen-bond donors (Lipinski definition) is 0. The van der Waals surface area contributed by atoms with Crippen molar-refractivity contribution in [3.8, 4) is 0 Å². The minimum atomic E-state index is 1.06. The zero-order chi connectivity index (χ0) is 11.7. The molecule has 1 aliphatic carbocycles. The van der Waals surface area contributed by atoms with Crippen LogP contribution in [0.15, 0.2) is 53.4 Å². The van der Waals surface area contributed by atoms with E-state index in [1.165, 1.54) is 27.2 Å². The van der Waals surface area contributed by atoms with Crippen molar-refractivity contribution in [1.82, 2.24) is 0 Å². The molecule has 0 fully saturated rings. The number of allylic oxidation sites excluding steroid dienone is 1. The highest BCUT2D eigenvalue weighted by Gasteiger charge is 2.12. The molecular weight excluding hydrogens is 224 g/mol. The van der Waals surface area contributed by atoms with Crippen molar-refractivity contribution in [1.29, 1.82) is 0 Å². The molecule has 0 unspecified atom stereocenters. The molecule has 0 saturated carbocycles. The van der Waals surface area contributed by atoms with E-state index in [1.807, 2.05) is 0 Å². The summed E-state index contributed by atoms with van der Waals surface area (Å²) in [5, 5.41) is 0. The molecule has 0 amide bonds. The highest BCUT2D eigenvalue weighted by molar-refractivity contribution is 7.98. The highest BCUT2D eigenvalue weighted by atomic mass is 32.2. The number of fused-ring (bicyclic) bond motifs is 1. The second-order valence-electron chi connectivity index (χ2n) is 4.27. The Morgan fingerprint density at radius 2 is 1.71 bits per heavy atom. The van der Waals surface area contributed by atoms with E-state index in [0.717, 1.165) is 6.42 Å². The van der Waals surface area contributed by atoms with Gasteiger partial charge in [0.05, 0.1) is 0 Å². The molecule has 84 valence electrons. The van der Waals surface area contributed by atoms with Crippen molar-refractivity contribution >= 4 is 23.4 Å². The van der Waals surface area contributed by atoms with Gasteiger partial charge in [0.2, 0.25) is 0 Å². The van der Waals surface area contributed by atoms with Crippen LogP contribution in [0, 0.1) is 0 Å². The molecule has 0 aromatic heterocycles. The third-order valence-electron chi connectivity index (χ3n) is 3.23. The van der Waals surface area contributed by atoms with E-state index in [1.54, 1.807) is 11.8 Å². The molecule has 0 heterocycles. The second kappa shape index (κ2) is 4.42. The first kappa shape index (κ1) is 10.7. The van der Waals surface area contributed by atoms with Gasteiger partial charge < -0.3 is 0 Å². The van der Waals surface area contributed by atoms with Crippen LogP contribution in [0.3, 0.4) is 0 Å². The largest absolute Gasteiger partial charge is 0.130 e. The summed E-state index contributed by atoms with van der Waals surface area (Å²) in [5.41, 5.74) is 5.59. The van der Waals surface area contributed by atoms with Crippen molar-refractivity contribution in [2.45, 2.75) is 11.3 Å². The zero-order valence-electron chi connectivity index (χ0n) is 9.81. The van der Waals surface area contributed by atoms with Crippen LogP contribution in [0.2, 0.25) is 0 Å². The molecule has 1 aliphatic rings. The third kappa shape index (κ3) is 2.03. The molecule has 0 atom stereocenters. The fourth-order valence-electron chi connectivity index (χ4n) is 2.27. The van der Waals surface area contributed by atoms with E-state index in [-0.39, 0.29) is 0 Å². The van der Waals surface area contributed by atoms with Crippen LogP contribution in [0.5, 0.6) is 0 Å². The average Bonchev–Trinajstić information content (AvgIpc) is 2.82. The zero-order valence-corrected chi connectivity index (χ0v) is 10.6. The molecule has 0 nitrogen and oxygen atoms in total. The van der Waals surface area contributed by atoms with Crippen LogP contribution in [-0.4, -0.2) is 6.26 Å². The predicted octanol–water partition coefficient (Wildman–Crippen LogP) is 4.51. The summed E-state index contributed by atoms with van der Waals surface area (Å²) < 4.78 is 0. The summed E-state index contributed by atoms with van der Waals surface area (Å²) in [4.78, 5) is 1.32. The monoisotopic (exact) mass is 238 g/mol. The minimum absolute atomic E-state index is 1.06. The van der Waals surface area contributed by atoms with E-state index in [2.05, 4.69) is 60.9 Å². The number of hydrogen-bond acceptors (Lipinski definition) is 1. The van der Waals surface area contributed by atoms with E-state index >= 15 is 0 Å². The fraction of sp³-hybridized carbons (Fsp3) is 0.125. The van der Waals surface area contributed by atoms with Crippen molar-refractivity contribution in [3.05, 3.63) is 65.2 Å². The summed E-state index contributed by atoms with van der Waals surface area (Å²) >= 11 is 1.79. The fourth-order valence-corrected chi connectivity index (χ4v) is 2.68. The number of benzene rings is 2. The lowest BCUT2D eigenvalue weighted by molar-refractivity contribution is 1.31. The summed E-state index contributed by atoms with van der Waals surface area (Å²) in [6, 6.07) is 17.5. The van der Waals surface area contributed by atoms with Gasteiger partial charge in [-0.25, -0.2) is 0 Å². The van der Waals surface area contributed by atoms with Crippen molar-refractivity contribution < 1.29 is 0 Å². The smallest absolute Gasteiger partial charge is 0.00695 e. The van der Waals surface area contributed by atoms with Gasteiger partial charge in [-0.3, -0.25) is 0 Å². The lowest BCUT2D eigenvalue weighted by atomic mass is 10.0. The summed E-state index contributed by atoms with van der Waals surface area (Å²) in [5.74, 6) is 0. The van der Waals surface area contributed by atoms with Gasteiger partial charge in [-0.2, -0.15) is 0 Å². The van der Waals surface area contributed by atoms with Crippen molar-refractivity contribution in [2.75, 3.05) is 6.26 Å². The van der Waals surface area contributed by atoms with Gasteiger partial charge in [-0.1, -0.05) is 42.5 Å². The van der Waals surface area contributed by atoms with Gasteiger partial charge in [0.25, 0.3) is 0 Å². The quantitative estimate of drug-likeness (QED) is 0.694. The Bertz CT molecular complexity index is 564. The Morgan fingerprint density at radius 3 is 2.41 bits per heavy atom. The summed E-state index contributed by atoms with van der Waals surface area (Å²) in [7, 11) is 0. The van der Waals surface area contributed by atoms with Gasteiger partial charge in [-0.15, -0.1) is 11.8 Å². The molecular formula is C16H14S. The molecule has 0 bridgehead atoms. The van der Waals surface area contributed by atoms with E-state index in [9.17, 15) is 0 Å². The molecule has 0 aliphatic heterocycles. The molecule has 0 saturated heterocycles. The van der Waals surface area contributed by atoms with Gasteiger partial charge in [-0.05, 0) is 47.1 Å². The molecule has 2 aromatic carbocycles. The predicted molar refractivity (Wildman–Crippen MR) is 76.2 cm³/mol. The van der Waals surface area contributed by atoms with Crippen LogP contribution in [0.1, 0.15) is 16.7 Å². The topological polar surface area (TPSA) is 0 Å². The Hall–Kier alpha value is -1.47. The Kier molecular flexibility index (Phi) is 2.77. The lowest BCUT2D eigenvalue weighted by Gasteiger charge is -2.03. The maximum Gasteiger partial charge on any atom is 0.00695 e. The molecule has 2 aromatic rings. The highest BCUT2D eigenvalue weighted by Crippen LogP contribution is 2.31. The molecule has 3 rings (SSSR count). The van der Waals surface area contributed by atoms with Crippen LogP contribution in [-0.2, 0) is 6.42 Å². The van der Waals surface area contributed by atoms with Crippen LogP contribution in [0.25, 0.3) is 11.6 Å². The first-order chi connectivity index (χ1) is 8.36. The van der Waals surface area contributed by atoms with Crippen LogP contribution < -0.4 is 0 Å². The molecule has 17 heavy (non-hydrogen) atoms. The summed E-state index contributed by atoms with van der Waals surface area (Å²) in [6.07, 6.45) is 5.48. The Morgan fingerprint density at radius 1 is 0.941 bits per heavy atom. The Labute approximate surface area is 106 Å². The molecule has 0 radical (unpaired) electrons. The standard InChI is InChI=1S/C16H14S/c1-17-16-8-6-12(7-9-16)15-10-13-4-2-3-5-14(13)11-15/h2-10H,11H2,1H3.